The molecule has 21 heavy (non-hydrogen) atoms. The summed E-state index contributed by atoms with van der Waals surface area (Å²) in [6.45, 7) is 0.0511. The first kappa shape index (κ1) is 13.1. The number of imidazole rings is 1. The highest BCUT2D eigenvalue weighted by molar-refractivity contribution is 5.63. The average molecular weight is 283 g/mol. The van der Waals surface area contributed by atoms with Crippen molar-refractivity contribution >= 4 is 17.4 Å². The summed E-state index contributed by atoms with van der Waals surface area (Å²) >= 11 is 0. The number of hydrogen-bond donors (Lipinski definition) is 3. The van der Waals surface area contributed by atoms with Gasteiger partial charge in [0.15, 0.2) is 5.65 Å². The summed E-state index contributed by atoms with van der Waals surface area (Å²) in [5, 5.41) is 28.1. The minimum absolute atomic E-state index is 0.0511. The maximum Gasteiger partial charge on any atom is 0.214 e. The number of anilines is 2. The van der Waals surface area contributed by atoms with E-state index in [0.717, 1.165) is 0 Å². The first-order valence-electron chi connectivity index (χ1n) is 6.46. The fraction of sp³-hybridized carbons (Fsp3) is 0.231. The monoisotopic (exact) mass is 283 g/mol. The molecule has 106 valence electrons. The normalized spacial score (nSPS) is 10.7. The molecule has 8 heteroatoms. The van der Waals surface area contributed by atoms with E-state index in [2.05, 4.69) is 31.6 Å². The van der Waals surface area contributed by atoms with Crippen LogP contribution in [-0.2, 0) is 6.42 Å². The Morgan fingerprint density at radius 2 is 2.33 bits per heavy atom. The molecule has 0 aromatic carbocycles. The number of H-pyrrole nitrogens is 1. The lowest BCUT2D eigenvalue weighted by molar-refractivity contribution is 0.288. The minimum Gasteiger partial charge on any atom is -0.396 e. The van der Waals surface area contributed by atoms with Gasteiger partial charge in [0.1, 0.15) is 17.5 Å². The van der Waals surface area contributed by atoms with Crippen LogP contribution >= 0.6 is 0 Å². The topological polar surface area (TPSA) is 115 Å². The van der Waals surface area contributed by atoms with Gasteiger partial charge in [0.05, 0.1) is 11.9 Å². The Hall–Kier alpha value is -2.92. The van der Waals surface area contributed by atoms with Crippen LogP contribution in [0.2, 0.25) is 0 Å². The van der Waals surface area contributed by atoms with Crippen LogP contribution in [0.4, 0.5) is 11.8 Å². The number of rotatable bonds is 5. The third-order valence-electron chi connectivity index (χ3n) is 3.05. The van der Waals surface area contributed by atoms with Crippen LogP contribution < -0.4 is 5.32 Å². The van der Waals surface area contributed by atoms with Crippen molar-refractivity contribution in [2.45, 2.75) is 12.8 Å². The van der Waals surface area contributed by atoms with Gasteiger partial charge in [-0.2, -0.15) is 10.4 Å². The maximum atomic E-state index is 9.34. The van der Waals surface area contributed by atoms with Crippen LogP contribution in [0.15, 0.2) is 24.7 Å². The fourth-order valence-corrected chi connectivity index (χ4v) is 2.10. The zero-order chi connectivity index (χ0) is 14.7. The Labute approximate surface area is 120 Å². The smallest absolute Gasteiger partial charge is 0.214 e. The molecule has 0 aliphatic carbocycles. The molecule has 3 N–H and O–H groups in total. The quantitative estimate of drug-likeness (QED) is 0.643. The molecule has 0 spiro atoms. The Morgan fingerprint density at radius 1 is 1.43 bits per heavy atom. The summed E-state index contributed by atoms with van der Waals surface area (Å²) < 4.78 is 1.71. The predicted molar refractivity (Wildman–Crippen MR) is 75.0 cm³/mol. The maximum absolute atomic E-state index is 9.34. The van der Waals surface area contributed by atoms with Crippen LogP contribution in [0, 0.1) is 11.3 Å². The lowest BCUT2D eigenvalue weighted by Crippen LogP contribution is -2.08. The molecule has 0 aliphatic heterocycles. The average Bonchev–Trinajstić information content (AvgIpc) is 3.16. The van der Waals surface area contributed by atoms with Gasteiger partial charge in [-0.1, -0.05) is 0 Å². The van der Waals surface area contributed by atoms with Gasteiger partial charge in [-0.05, 0) is 12.8 Å². The summed E-state index contributed by atoms with van der Waals surface area (Å²) in [5.74, 6) is 1.23. The van der Waals surface area contributed by atoms with E-state index < -0.39 is 0 Å². The molecule has 0 saturated carbocycles. The van der Waals surface area contributed by atoms with Crippen LogP contribution in [0.3, 0.4) is 0 Å². The van der Waals surface area contributed by atoms with Gasteiger partial charge in [-0.25, -0.2) is 9.97 Å². The number of aryl methyl sites for hydroxylation is 1. The van der Waals surface area contributed by atoms with E-state index in [0.29, 0.717) is 41.5 Å². The summed E-state index contributed by atoms with van der Waals surface area (Å²) in [4.78, 5) is 8.71. The van der Waals surface area contributed by atoms with Crippen molar-refractivity contribution in [1.82, 2.24) is 24.6 Å². The molecule has 0 bridgehead atoms. The molecule has 0 unspecified atom stereocenters. The molecule has 0 atom stereocenters. The van der Waals surface area contributed by atoms with E-state index in [4.69, 9.17) is 5.11 Å². The highest BCUT2D eigenvalue weighted by Crippen LogP contribution is 2.20. The summed E-state index contributed by atoms with van der Waals surface area (Å²) in [6.07, 6.45) is 6.04. The molecule has 3 aromatic heterocycles. The second-order valence-corrected chi connectivity index (χ2v) is 4.41. The first-order valence-corrected chi connectivity index (χ1v) is 6.46. The van der Waals surface area contributed by atoms with Gasteiger partial charge < -0.3 is 10.4 Å². The standard InChI is InChI=1S/C13H13N7O/c14-8-9-10(2-1-7-21)17-13(18-11-3-4-16-19-11)20-6-5-15-12(9)20/h3-6,21H,1-2,7H2,(H2,16,17,18,19). The van der Waals surface area contributed by atoms with E-state index in [-0.39, 0.29) is 6.61 Å². The third-order valence-corrected chi connectivity index (χ3v) is 3.05. The van der Waals surface area contributed by atoms with Gasteiger partial charge in [0.2, 0.25) is 5.95 Å². The van der Waals surface area contributed by atoms with E-state index >= 15 is 0 Å². The van der Waals surface area contributed by atoms with Crippen LogP contribution in [0.1, 0.15) is 17.7 Å². The minimum atomic E-state index is 0.0511. The van der Waals surface area contributed by atoms with E-state index in [1.807, 2.05) is 0 Å². The summed E-state index contributed by atoms with van der Waals surface area (Å²) in [5.41, 5.74) is 1.60. The fourth-order valence-electron chi connectivity index (χ4n) is 2.10. The number of aromatic nitrogens is 5. The van der Waals surface area contributed by atoms with Gasteiger partial charge >= 0.3 is 0 Å². The Morgan fingerprint density at radius 3 is 3.05 bits per heavy atom. The molecule has 0 fully saturated rings. The lowest BCUT2D eigenvalue weighted by atomic mass is 10.1. The van der Waals surface area contributed by atoms with Crippen molar-refractivity contribution < 1.29 is 5.11 Å². The predicted octanol–water partition coefficient (Wildman–Crippen LogP) is 0.993. The zero-order valence-corrected chi connectivity index (χ0v) is 11.1. The largest absolute Gasteiger partial charge is 0.396 e. The molecule has 0 saturated heterocycles. The van der Waals surface area contributed by atoms with Crippen LogP contribution in [0.25, 0.3) is 5.65 Å². The number of nitrogens with zero attached hydrogens (tertiary/aromatic N) is 5. The van der Waals surface area contributed by atoms with Crippen molar-refractivity contribution in [3.63, 3.8) is 0 Å². The van der Waals surface area contributed by atoms with Gasteiger partial charge in [0, 0.05) is 25.1 Å². The van der Waals surface area contributed by atoms with Crippen LogP contribution in [0.5, 0.6) is 0 Å². The molecule has 0 radical (unpaired) electrons. The molecule has 8 nitrogen and oxygen atoms in total. The Kier molecular flexibility index (Phi) is 3.49. The Bertz CT molecular complexity index is 785. The SMILES string of the molecule is N#Cc1c(CCCO)nc(Nc2ccn[nH]2)n2ccnc12. The number of aliphatic hydroxyl groups is 1. The van der Waals surface area contributed by atoms with Crippen molar-refractivity contribution in [1.29, 1.82) is 5.26 Å². The van der Waals surface area contributed by atoms with E-state index in [1.165, 1.54) is 0 Å². The van der Waals surface area contributed by atoms with Crippen molar-refractivity contribution in [3.8, 4) is 6.07 Å². The second kappa shape index (κ2) is 5.60. The number of aliphatic hydroxyl groups excluding tert-OH is 1. The van der Waals surface area contributed by atoms with Crippen LogP contribution in [-0.4, -0.2) is 36.3 Å². The Balaban J connectivity index is 2.10. The van der Waals surface area contributed by atoms with Crippen molar-refractivity contribution in [2.75, 3.05) is 11.9 Å². The highest BCUT2D eigenvalue weighted by atomic mass is 16.2. The van der Waals surface area contributed by atoms with Crippen molar-refractivity contribution in [3.05, 3.63) is 35.9 Å². The molecular weight excluding hydrogens is 270 g/mol. The summed E-state index contributed by atoms with van der Waals surface area (Å²) in [6, 6.07) is 3.92. The third kappa shape index (κ3) is 2.42. The molecular formula is C13H13N7O. The number of nitriles is 1. The van der Waals surface area contributed by atoms with Crippen molar-refractivity contribution in [2.24, 2.45) is 0 Å². The van der Waals surface area contributed by atoms with E-state index in [9.17, 15) is 5.26 Å². The highest BCUT2D eigenvalue weighted by Gasteiger charge is 2.15. The number of fused-ring (bicyclic) bond motifs is 1. The lowest BCUT2D eigenvalue weighted by Gasteiger charge is -2.10. The molecule has 3 heterocycles. The first-order chi connectivity index (χ1) is 10.3. The molecule has 3 aromatic rings. The van der Waals surface area contributed by atoms with E-state index in [1.54, 1.807) is 29.1 Å². The van der Waals surface area contributed by atoms with Gasteiger partial charge in [-0.15, -0.1) is 0 Å². The molecule has 0 aliphatic rings. The molecule has 3 rings (SSSR count). The molecule has 0 amide bonds. The second-order valence-electron chi connectivity index (χ2n) is 4.41. The number of hydrogen-bond acceptors (Lipinski definition) is 6. The number of aromatic amines is 1. The van der Waals surface area contributed by atoms with Gasteiger partial charge in [-0.3, -0.25) is 9.50 Å². The summed E-state index contributed by atoms with van der Waals surface area (Å²) in [7, 11) is 0. The number of nitrogens with one attached hydrogen (secondary N) is 2. The van der Waals surface area contributed by atoms with Gasteiger partial charge in [0.25, 0.3) is 0 Å². The zero-order valence-electron chi connectivity index (χ0n) is 11.1.